The van der Waals surface area contributed by atoms with Gasteiger partial charge in [-0.15, -0.1) is 0 Å². The first-order chi connectivity index (χ1) is 10.5. The van der Waals surface area contributed by atoms with Gasteiger partial charge in [0, 0.05) is 12.0 Å². The summed E-state index contributed by atoms with van der Waals surface area (Å²) in [6.45, 7) is 3.57. The maximum Gasteiger partial charge on any atom is 0.303 e. The summed E-state index contributed by atoms with van der Waals surface area (Å²) in [6, 6.07) is 8.84. The zero-order chi connectivity index (χ0) is 16.8. The summed E-state index contributed by atoms with van der Waals surface area (Å²) < 4.78 is 0. The molecule has 1 aromatic rings. The highest BCUT2D eigenvalue weighted by Gasteiger charge is 2.06. The molecule has 0 aliphatic heterocycles. The molecule has 122 valence electrons. The summed E-state index contributed by atoms with van der Waals surface area (Å²) in [6.07, 6.45) is 5.89. The van der Waals surface area contributed by atoms with Crippen molar-refractivity contribution in [3.63, 3.8) is 0 Å². The number of carbonyl (C=O) groups excluding carboxylic acids is 2. The molecular weight excluding hydrogens is 280 g/mol. The van der Waals surface area contributed by atoms with Gasteiger partial charge in [0.2, 0.25) is 0 Å². The average Bonchev–Trinajstić information content (AvgIpc) is 2.47. The minimum Gasteiger partial charge on any atom is -0.481 e. The van der Waals surface area contributed by atoms with Crippen molar-refractivity contribution in [1.82, 2.24) is 0 Å². The number of carboxylic acid groups (broad SMARTS) is 1. The third-order valence-electron chi connectivity index (χ3n) is 3.00. The molecule has 0 aromatic heterocycles. The van der Waals surface area contributed by atoms with Crippen LogP contribution in [0.5, 0.6) is 0 Å². The fraction of sp³-hybridized carbons (Fsp3) is 0.500. The van der Waals surface area contributed by atoms with Crippen molar-refractivity contribution in [2.24, 2.45) is 0 Å². The van der Waals surface area contributed by atoms with E-state index < -0.39 is 5.97 Å². The van der Waals surface area contributed by atoms with E-state index in [-0.39, 0.29) is 18.0 Å². The molecule has 0 aliphatic carbocycles. The molecule has 0 fully saturated rings. The molecule has 0 amide bonds. The predicted octanol–water partition coefficient (Wildman–Crippen LogP) is 4.28. The first kappa shape index (κ1) is 20.0. The van der Waals surface area contributed by atoms with Crippen LogP contribution in [-0.2, 0) is 9.59 Å². The smallest absolute Gasteiger partial charge is 0.303 e. The van der Waals surface area contributed by atoms with Crippen molar-refractivity contribution in [2.75, 3.05) is 0 Å². The Hall–Kier alpha value is -1.97. The molecule has 0 radical (unpaired) electrons. The van der Waals surface area contributed by atoms with Crippen LogP contribution >= 0.6 is 0 Å². The van der Waals surface area contributed by atoms with Crippen molar-refractivity contribution in [3.05, 3.63) is 35.9 Å². The number of rotatable bonds is 9. The summed E-state index contributed by atoms with van der Waals surface area (Å²) in [7, 11) is 0. The van der Waals surface area contributed by atoms with Gasteiger partial charge in [0.15, 0.2) is 5.78 Å². The van der Waals surface area contributed by atoms with Gasteiger partial charge in [0.1, 0.15) is 5.78 Å². The van der Waals surface area contributed by atoms with Crippen molar-refractivity contribution in [3.8, 4) is 0 Å². The number of Topliss-reactive ketones (excluding diaryl/α,β-unsaturated/α-hetero) is 2. The zero-order valence-electron chi connectivity index (χ0n) is 13.5. The normalized spacial score (nSPS) is 9.55. The SMILES string of the molecule is CC(=O)CC(=O)c1ccccc1.CCCCCCCC(=O)O. The summed E-state index contributed by atoms with van der Waals surface area (Å²) in [5.74, 6) is -0.872. The summed E-state index contributed by atoms with van der Waals surface area (Å²) >= 11 is 0. The molecule has 4 nitrogen and oxygen atoms in total. The topological polar surface area (TPSA) is 71.4 Å². The zero-order valence-corrected chi connectivity index (χ0v) is 13.5. The van der Waals surface area contributed by atoms with Gasteiger partial charge >= 0.3 is 5.97 Å². The minimum atomic E-state index is -0.670. The molecule has 0 aliphatic rings. The Balaban J connectivity index is 0.000000409. The monoisotopic (exact) mass is 306 g/mol. The van der Waals surface area contributed by atoms with Gasteiger partial charge in [0.05, 0.1) is 6.42 Å². The second kappa shape index (κ2) is 12.7. The maximum absolute atomic E-state index is 11.2. The van der Waals surface area contributed by atoms with E-state index in [4.69, 9.17) is 5.11 Å². The highest BCUT2D eigenvalue weighted by Crippen LogP contribution is 2.04. The van der Waals surface area contributed by atoms with E-state index in [1.54, 1.807) is 24.3 Å². The number of hydrogen-bond acceptors (Lipinski definition) is 3. The largest absolute Gasteiger partial charge is 0.481 e. The lowest BCUT2D eigenvalue weighted by Gasteiger charge is -1.95. The third kappa shape index (κ3) is 11.8. The van der Waals surface area contributed by atoms with Crippen molar-refractivity contribution in [1.29, 1.82) is 0 Å². The van der Waals surface area contributed by atoms with Gasteiger partial charge in [0.25, 0.3) is 0 Å². The molecule has 0 heterocycles. The first-order valence-corrected chi connectivity index (χ1v) is 7.76. The van der Waals surface area contributed by atoms with E-state index >= 15 is 0 Å². The Morgan fingerprint density at radius 3 is 2.05 bits per heavy atom. The fourth-order valence-corrected chi connectivity index (χ4v) is 1.83. The van der Waals surface area contributed by atoms with Crippen LogP contribution in [0, 0.1) is 0 Å². The Morgan fingerprint density at radius 2 is 1.55 bits per heavy atom. The fourth-order valence-electron chi connectivity index (χ4n) is 1.83. The number of unbranched alkanes of at least 4 members (excludes halogenated alkanes) is 4. The minimum absolute atomic E-state index is 0.00398. The molecule has 0 spiro atoms. The highest BCUT2D eigenvalue weighted by atomic mass is 16.4. The van der Waals surface area contributed by atoms with Crippen LogP contribution in [0.15, 0.2) is 30.3 Å². The predicted molar refractivity (Wildman–Crippen MR) is 87.1 cm³/mol. The molecule has 1 N–H and O–H groups in total. The lowest BCUT2D eigenvalue weighted by atomic mass is 10.1. The standard InChI is InChI=1S/C10H10O2.C8H16O2/c1-8(11)7-10(12)9-5-3-2-4-6-9;1-2-3-4-5-6-7-8(9)10/h2-6H,7H2,1H3;2-7H2,1H3,(H,9,10). The number of aliphatic carboxylic acids is 1. The van der Waals surface area contributed by atoms with Gasteiger partial charge in [-0.25, -0.2) is 0 Å². The second-order valence-corrected chi connectivity index (χ2v) is 5.23. The summed E-state index contributed by atoms with van der Waals surface area (Å²) in [5.41, 5.74) is 0.604. The molecule has 0 saturated carbocycles. The first-order valence-electron chi connectivity index (χ1n) is 7.76. The Kier molecular flexibility index (Phi) is 11.6. The van der Waals surface area contributed by atoms with Gasteiger partial charge < -0.3 is 5.11 Å². The third-order valence-corrected chi connectivity index (χ3v) is 3.00. The van der Waals surface area contributed by atoms with Crippen molar-refractivity contribution < 1.29 is 19.5 Å². The molecule has 0 atom stereocenters. The molecule has 0 unspecified atom stereocenters. The number of carbonyl (C=O) groups is 3. The van der Waals surface area contributed by atoms with Crippen LogP contribution in [0.2, 0.25) is 0 Å². The molecule has 1 rings (SSSR count). The molecular formula is C18H26O4. The number of hydrogen-bond donors (Lipinski definition) is 1. The Labute approximate surface area is 132 Å². The van der Waals surface area contributed by atoms with E-state index in [1.165, 1.54) is 26.2 Å². The van der Waals surface area contributed by atoms with Gasteiger partial charge in [-0.3, -0.25) is 14.4 Å². The molecule has 22 heavy (non-hydrogen) atoms. The Morgan fingerprint density at radius 1 is 0.955 bits per heavy atom. The van der Waals surface area contributed by atoms with Crippen LogP contribution in [-0.4, -0.2) is 22.6 Å². The van der Waals surface area contributed by atoms with E-state index in [9.17, 15) is 14.4 Å². The maximum atomic E-state index is 11.2. The van der Waals surface area contributed by atoms with E-state index in [1.807, 2.05) is 6.07 Å². The van der Waals surface area contributed by atoms with Crippen molar-refractivity contribution >= 4 is 17.5 Å². The molecule has 4 heteroatoms. The van der Waals surface area contributed by atoms with Crippen LogP contribution in [0.3, 0.4) is 0 Å². The lowest BCUT2D eigenvalue weighted by molar-refractivity contribution is -0.137. The Bertz CT molecular complexity index is 451. The van der Waals surface area contributed by atoms with Gasteiger partial charge in [-0.2, -0.15) is 0 Å². The van der Waals surface area contributed by atoms with E-state index in [2.05, 4.69) is 6.92 Å². The molecule has 1 aromatic carbocycles. The molecule has 0 saturated heterocycles. The number of benzene rings is 1. The number of carboxylic acids is 1. The van der Waals surface area contributed by atoms with Crippen LogP contribution < -0.4 is 0 Å². The van der Waals surface area contributed by atoms with E-state index in [0.29, 0.717) is 12.0 Å². The van der Waals surface area contributed by atoms with Gasteiger partial charge in [-0.1, -0.05) is 62.9 Å². The van der Waals surface area contributed by atoms with Gasteiger partial charge in [-0.05, 0) is 13.3 Å². The highest BCUT2D eigenvalue weighted by molar-refractivity contribution is 6.07. The summed E-state index contributed by atoms with van der Waals surface area (Å²) in [5, 5.41) is 8.27. The molecule has 0 bridgehead atoms. The second-order valence-electron chi connectivity index (χ2n) is 5.23. The van der Waals surface area contributed by atoms with Crippen molar-refractivity contribution in [2.45, 2.75) is 58.8 Å². The number of ketones is 2. The van der Waals surface area contributed by atoms with E-state index in [0.717, 1.165) is 12.8 Å². The van der Waals surface area contributed by atoms with Crippen LogP contribution in [0.1, 0.15) is 69.2 Å². The van der Waals surface area contributed by atoms with Crippen LogP contribution in [0.25, 0.3) is 0 Å². The van der Waals surface area contributed by atoms with Crippen LogP contribution in [0.4, 0.5) is 0 Å². The summed E-state index contributed by atoms with van der Waals surface area (Å²) in [4.78, 5) is 31.9. The quantitative estimate of drug-likeness (QED) is 0.420. The lowest BCUT2D eigenvalue weighted by Crippen LogP contribution is -2.04. The average molecular weight is 306 g/mol.